The monoisotopic (exact) mass is 536 g/mol. The van der Waals surface area contributed by atoms with Gasteiger partial charge in [-0.1, -0.05) is 11.2 Å². The van der Waals surface area contributed by atoms with Gasteiger partial charge in [0.1, 0.15) is 17.6 Å². The summed E-state index contributed by atoms with van der Waals surface area (Å²) in [5, 5.41) is 4.09. The van der Waals surface area contributed by atoms with Gasteiger partial charge in [0.05, 0.1) is 35.1 Å². The van der Waals surface area contributed by atoms with Crippen molar-refractivity contribution >= 4 is 22.8 Å². The molecule has 1 saturated carbocycles. The number of fused-ring (bicyclic) bond motifs is 1. The van der Waals surface area contributed by atoms with Gasteiger partial charge in [-0.15, -0.1) is 0 Å². The molecule has 39 heavy (non-hydrogen) atoms. The van der Waals surface area contributed by atoms with Gasteiger partial charge in [-0.3, -0.25) is 4.90 Å². The zero-order chi connectivity index (χ0) is 27.3. The lowest BCUT2D eigenvalue weighted by atomic mass is 9.92. The first-order valence-electron chi connectivity index (χ1n) is 13.2. The number of carbonyl (C=O) groups is 1. The summed E-state index contributed by atoms with van der Waals surface area (Å²) in [6, 6.07) is 9.18. The van der Waals surface area contributed by atoms with E-state index < -0.39 is 23.8 Å². The van der Waals surface area contributed by atoms with E-state index in [0.29, 0.717) is 12.2 Å². The molecular weight excluding hydrogens is 506 g/mol. The van der Waals surface area contributed by atoms with Crippen molar-refractivity contribution < 1.29 is 27.6 Å². The van der Waals surface area contributed by atoms with Crippen molar-refractivity contribution in [2.75, 3.05) is 18.6 Å². The lowest BCUT2D eigenvalue weighted by Crippen LogP contribution is -2.42. The Hall–Kier alpha value is -3.79. The molecule has 10 heteroatoms. The van der Waals surface area contributed by atoms with Crippen molar-refractivity contribution in [3.8, 4) is 11.1 Å². The summed E-state index contributed by atoms with van der Waals surface area (Å²) in [7, 11) is 1.74. The molecule has 1 aliphatic heterocycles. The van der Waals surface area contributed by atoms with Crippen LogP contribution in [0.15, 0.2) is 40.9 Å². The molecule has 1 unspecified atom stereocenters. The number of imidazole rings is 1. The Bertz CT molecular complexity index is 1520. The first kappa shape index (κ1) is 25.5. The standard InChI is InChI=1S/C29H30F2N4O4/c1-16-27(17(2)39-33-16)18-4-11-25-24(14-18)32-28(34(25)19-5-8-21(37-3)9-6-19)26-12-13-38-29(36)35(26)20-7-10-22(30)23(31)15-20/h4,7,10-11,14-15,19,21,26H,5-6,8-9,12-13H2,1-3H3. The zero-order valence-electron chi connectivity index (χ0n) is 22.1. The molecule has 3 heterocycles. The molecule has 1 atom stereocenters. The highest BCUT2D eigenvalue weighted by atomic mass is 19.2. The maximum atomic E-state index is 14.2. The molecule has 0 spiro atoms. The van der Waals surface area contributed by atoms with E-state index in [9.17, 15) is 13.6 Å². The van der Waals surface area contributed by atoms with Crippen LogP contribution in [0.2, 0.25) is 0 Å². The molecule has 1 aliphatic carbocycles. The van der Waals surface area contributed by atoms with Crippen LogP contribution in [-0.2, 0) is 9.47 Å². The third-order valence-electron chi connectivity index (χ3n) is 7.99. The Kier molecular flexibility index (Phi) is 6.58. The minimum atomic E-state index is -1.03. The van der Waals surface area contributed by atoms with Crippen LogP contribution >= 0.6 is 0 Å². The van der Waals surface area contributed by atoms with E-state index in [1.165, 1.54) is 11.0 Å². The smallest absolute Gasteiger partial charge is 0.414 e. The summed E-state index contributed by atoms with van der Waals surface area (Å²) in [5.74, 6) is -0.582. The summed E-state index contributed by atoms with van der Waals surface area (Å²) in [5.41, 5.74) is 4.62. The molecule has 4 aromatic rings. The first-order valence-corrected chi connectivity index (χ1v) is 13.2. The summed E-state index contributed by atoms with van der Waals surface area (Å²) in [6.45, 7) is 3.99. The number of hydrogen-bond donors (Lipinski definition) is 0. The quantitative estimate of drug-likeness (QED) is 0.279. The maximum Gasteiger partial charge on any atom is 0.414 e. The van der Waals surface area contributed by atoms with Crippen LogP contribution in [0.25, 0.3) is 22.2 Å². The average molecular weight is 537 g/mol. The molecule has 0 radical (unpaired) electrons. The Balaban J connectivity index is 1.50. The van der Waals surface area contributed by atoms with Crippen molar-refractivity contribution in [2.24, 2.45) is 0 Å². The van der Waals surface area contributed by atoms with Gasteiger partial charge in [0.25, 0.3) is 0 Å². The number of halogens is 2. The number of methoxy groups -OCH3 is 1. The molecule has 1 amide bonds. The normalized spacial score (nSPS) is 21.9. The topological polar surface area (TPSA) is 82.6 Å². The van der Waals surface area contributed by atoms with E-state index >= 15 is 0 Å². The Morgan fingerprint density at radius 3 is 2.49 bits per heavy atom. The van der Waals surface area contributed by atoms with Crippen LogP contribution in [0.5, 0.6) is 0 Å². The van der Waals surface area contributed by atoms with Gasteiger partial charge in [-0.2, -0.15) is 0 Å². The van der Waals surface area contributed by atoms with Gasteiger partial charge >= 0.3 is 6.09 Å². The maximum absolute atomic E-state index is 14.2. The number of rotatable bonds is 5. The lowest BCUT2D eigenvalue weighted by molar-refractivity contribution is 0.0582. The van der Waals surface area contributed by atoms with Crippen LogP contribution < -0.4 is 4.90 Å². The van der Waals surface area contributed by atoms with Crippen LogP contribution in [0.1, 0.15) is 61.5 Å². The summed E-state index contributed by atoms with van der Waals surface area (Å²) < 4.78 is 46.6. The second-order valence-electron chi connectivity index (χ2n) is 10.3. The number of aromatic nitrogens is 3. The van der Waals surface area contributed by atoms with Gasteiger partial charge in [-0.05, 0) is 69.4 Å². The second-order valence-corrected chi connectivity index (χ2v) is 10.3. The number of carbonyl (C=O) groups excluding carboxylic acids is 1. The van der Waals surface area contributed by atoms with Gasteiger partial charge in [-0.25, -0.2) is 18.6 Å². The molecule has 204 valence electrons. The third kappa shape index (κ3) is 4.46. The van der Waals surface area contributed by atoms with Crippen LogP contribution in [0.4, 0.5) is 19.3 Å². The van der Waals surface area contributed by atoms with E-state index in [1.807, 2.05) is 26.0 Å². The highest BCUT2D eigenvalue weighted by Gasteiger charge is 2.38. The van der Waals surface area contributed by atoms with Crippen LogP contribution in [-0.4, -0.2) is 40.6 Å². The van der Waals surface area contributed by atoms with E-state index in [1.54, 1.807) is 7.11 Å². The van der Waals surface area contributed by atoms with Gasteiger partial charge < -0.3 is 18.6 Å². The average Bonchev–Trinajstić information content (AvgIpc) is 3.48. The molecule has 0 bridgehead atoms. The Morgan fingerprint density at radius 2 is 1.79 bits per heavy atom. The van der Waals surface area contributed by atoms with Crippen molar-refractivity contribution in [3.05, 3.63) is 65.3 Å². The van der Waals surface area contributed by atoms with Crippen LogP contribution in [0, 0.1) is 25.5 Å². The van der Waals surface area contributed by atoms with Crippen molar-refractivity contribution in [1.82, 2.24) is 14.7 Å². The van der Waals surface area contributed by atoms with Gasteiger partial charge in [0.15, 0.2) is 11.6 Å². The zero-order valence-corrected chi connectivity index (χ0v) is 22.1. The number of hydrogen-bond acceptors (Lipinski definition) is 6. The van der Waals surface area contributed by atoms with E-state index in [0.717, 1.165) is 71.4 Å². The number of aryl methyl sites for hydroxylation is 2. The minimum Gasteiger partial charge on any atom is -0.449 e. The molecule has 1 saturated heterocycles. The second kappa shape index (κ2) is 10.1. The largest absolute Gasteiger partial charge is 0.449 e. The molecule has 2 fully saturated rings. The fraction of sp³-hybridized carbons (Fsp3) is 0.414. The highest BCUT2D eigenvalue weighted by Crippen LogP contribution is 2.41. The number of cyclic esters (lactones) is 1. The lowest BCUT2D eigenvalue weighted by Gasteiger charge is -2.37. The predicted octanol–water partition coefficient (Wildman–Crippen LogP) is 6.80. The first-order chi connectivity index (χ1) is 18.9. The molecule has 2 aromatic heterocycles. The fourth-order valence-electron chi connectivity index (χ4n) is 6.07. The van der Waals surface area contributed by atoms with E-state index in [-0.39, 0.29) is 24.4 Å². The predicted molar refractivity (Wildman–Crippen MR) is 141 cm³/mol. The van der Waals surface area contributed by atoms with Gasteiger partial charge in [0.2, 0.25) is 0 Å². The Morgan fingerprint density at radius 1 is 1.00 bits per heavy atom. The SMILES string of the molecule is COC1CCC(n2c(C3CCOC(=O)N3c3ccc(F)c(F)c3)nc3cc(-c4c(C)noc4C)ccc32)CC1. The van der Waals surface area contributed by atoms with Crippen LogP contribution in [0.3, 0.4) is 0 Å². The van der Waals surface area contributed by atoms with Crippen molar-refractivity contribution in [1.29, 1.82) is 0 Å². The molecule has 8 nitrogen and oxygen atoms in total. The number of nitrogens with zero attached hydrogens (tertiary/aromatic N) is 4. The minimum absolute atomic E-state index is 0.145. The van der Waals surface area contributed by atoms with E-state index in [2.05, 4.69) is 15.8 Å². The third-order valence-corrected chi connectivity index (χ3v) is 7.99. The molecule has 2 aromatic carbocycles. The highest BCUT2D eigenvalue weighted by molar-refractivity contribution is 5.90. The molecule has 0 N–H and O–H groups in total. The number of anilines is 1. The van der Waals surface area contributed by atoms with Crippen molar-refractivity contribution in [2.45, 2.75) is 64.1 Å². The molecular formula is C29H30F2N4O4. The number of ether oxygens (including phenoxy) is 2. The summed E-state index contributed by atoms with van der Waals surface area (Å²) >= 11 is 0. The van der Waals surface area contributed by atoms with Gasteiger partial charge in [0, 0.05) is 31.2 Å². The fourth-order valence-corrected chi connectivity index (χ4v) is 6.07. The summed E-state index contributed by atoms with van der Waals surface area (Å²) in [4.78, 5) is 19.5. The summed E-state index contributed by atoms with van der Waals surface area (Å²) in [6.07, 6.45) is 3.67. The molecule has 6 rings (SSSR count). The Labute approximate surface area is 224 Å². The van der Waals surface area contributed by atoms with E-state index in [4.69, 9.17) is 19.0 Å². The number of benzene rings is 2. The van der Waals surface area contributed by atoms with Crippen molar-refractivity contribution in [3.63, 3.8) is 0 Å². The molecule has 2 aliphatic rings. The number of amides is 1.